The van der Waals surface area contributed by atoms with Gasteiger partial charge in [-0.1, -0.05) is 38.8 Å². The monoisotopic (exact) mass is 472 g/mol. The SMILES string of the molecule is CCCCCC1=CC(C(F)(F)F)=CCC=C1C1=Nc2cc(C(F)(F)F)n(C)c(=O)c2CC1C. The molecular formula is C24H26F6N2O. The highest BCUT2D eigenvalue weighted by atomic mass is 19.4. The van der Waals surface area contributed by atoms with Crippen LogP contribution in [0.5, 0.6) is 0 Å². The van der Waals surface area contributed by atoms with Crippen molar-refractivity contribution in [3.05, 3.63) is 62.6 Å². The van der Waals surface area contributed by atoms with Gasteiger partial charge in [0.2, 0.25) is 0 Å². The Balaban J connectivity index is 2.12. The molecule has 0 aromatic carbocycles. The van der Waals surface area contributed by atoms with Crippen molar-refractivity contribution in [3.8, 4) is 0 Å². The quantitative estimate of drug-likeness (QED) is 0.336. The molecule has 0 bridgehead atoms. The minimum atomic E-state index is -4.74. The first-order valence-electron chi connectivity index (χ1n) is 10.9. The van der Waals surface area contributed by atoms with Crippen molar-refractivity contribution < 1.29 is 26.3 Å². The number of aromatic nitrogens is 1. The molecule has 0 saturated heterocycles. The average molecular weight is 472 g/mol. The predicted molar refractivity (Wildman–Crippen MR) is 116 cm³/mol. The van der Waals surface area contributed by atoms with Crippen LogP contribution in [0.1, 0.15) is 57.2 Å². The molecule has 1 aliphatic heterocycles. The molecular weight excluding hydrogens is 446 g/mol. The van der Waals surface area contributed by atoms with Crippen LogP contribution in [0.25, 0.3) is 0 Å². The molecule has 3 nitrogen and oxygen atoms in total. The van der Waals surface area contributed by atoms with E-state index in [1.54, 1.807) is 13.0 Å². The summed E-state index contributed by atoms with van der Waals surface area (Å²) in [5, 5.41) is 0. The first-order chi connectivity index (χ1) is 15.3. The third-order valence-corrected chi connectivity index (χ3v) is 6.00. The standard InChI is InChI=1S/C24H26F6N2O/c1-4-5-6-8-15-12-16(23(25,26)27)9-7-10-17(15)21-14(2)11-18-19(31-21)13-20(24(28,29)30)32(3)22(18)33/h9-10,12-14H,4-8,11H2,1-3H3. The smallest absolute Gasteiger partial charge is 0.307 e. The molecule has 0 fully saturated rings. The van der Waals surface area contributed by atoms with Crippen LogP contribution in [0.2, 0.25) is 0 Å². The highest BCUT2D eigenvalue weighted by Crippen LogP contribution is 2.38. The number of alkyl halides is 6. The van der Waals surface area contributed by atoms with Gasteiger partial charge in [-0.2, -0.15) is 26.3 Å². The molecule has 1 aliphatic carbocycles. The Labute approximate surface area is 188 Å². The highest BCUT2D eigenvalue weighted by Gasteiger charge is 2.37. The van der Waals surface area contributed by atoms with Crippen molar-refractivity contribution in [1.29, 1.82) is 0 Å². The Bertz CT molecular complexity index is 1100. The molecule has 1 atom stereocenters. The van der Waals surface area contributed by atoms with Crippen LogP contribution >= 0.6 is 0 Å². The molecule has 1 aromatic heterocycles. The molecule has 0 spiro atoms. The van der Waals surface area contributed by atoms with Crippen LogP contribution < -0.4 is 5.56 Å². The fourth-order valence-electron chi connectivity index (χ4n) is 4.27. The summed E-state index contributed by atoms with van der Waals surface area (Å²) in [6.07, 6.45) is -2.34. The summed E-state index contributed by atoms with van der Waals surface area (Å²) in [5.41, 5.74) is -1.08. The van der Waals surface area contributed by atoms with Gasteiger partial charge in [0.05, 0.1) is 17.0 Å². The van der Waals surface area contributed by atoms with E-state index in [1.807, 2.05) is 6.92 Å². The van der Waals surface area contributed by atoms with E-state index < -0.39 is 29.2 Å². The third kappa shape index (κ3) is 5.33. The number of fused-ring (bicyclic) bond motifs is 1. The van der Waals surface area contributed by atoms with Gasteiger partial charge < -0.3 is 4.57 Å². The van der Waals surface area contributed by atoms with Crippen LogP contribution in [0.15, 0.2) is 50.8 Å². The van der Waals surface area contributed by atoms with Crippen molar-refractivity contribution in [3.63, 3.8) is 0 Å². The normalized spacial score (nSPS) is 19.2. The maximum absolute atomic E-state index is 13.5. The molecule has 0 amide bonds. The zero-order valence-electron chi connectivity index (χ0n) is 18.7. The minimum Gasteiger partial charge on any atom is -0.307 e. The van der Waals surface area contributed by atoms with Gasteiger partial charge in [0.15, 0.2) is 0 Å². The van der Waals surface area contributed by atoms with Gasteiger partial charge in [-0.05, 0) is 49.0 Å². The van der Waals surface area contributed by atoms with E-state index in [0.29, 0.717) is 34.3 Å². The number of hydrogen-bond acceptors (Lipinski definition) is 2. The lowest BCUT2D eigenvalue weighted by atomic mass is 9.84. The van der Waals surface area contributed by atoms with Crippen LogP contribution in [0, 0.1) is 5.92 Å². The second-order valence-corrected chi connectivity index (χ2v) is 8.49. The Morgan fingerprint density at radius 1 is 1.09 bits per heavy atom. The van der Waals surface area contributed by atoms with Gasteiger partial charge in [-0.15, -0.1) is 0 Å². The molecule has 2 heterocycles. The number of pyridine rings is 1. The molecule has 3 rings (SSSR count). The molecule has 0 saturated carbocycles. The lowest BCUT2D eigenvalue weighted by Crippen LogP contribution is -2.32. The van der Waals surface area contributed by atoms with Gasteiger partial charge >= 0.3 is 12.4 Å². The molecule has 0 radical (unpaired) electrons. The van der Waals surface area contributed by atoms with Crippen molar-refractivity contribution >= 4 is 11.4 Å². The van der Waals surface area contributed by atoms with E-state index in [4.69, 9.17) is 0 Å². The molecule has 1 unspecified atom stereocenters. The number of aliphatic imine (C=N–C) groups is 1. The van der Waals surface area contributed by atoms with E-state index in [2.05, 4.69) is 4.99 Å². The van der Waals surface area contributed by atoms with Crippen molar-refractivity contribution in [2.24, 2.45) is 18.0 Å². The molecule has 0 N–H and O–H groups in total. The van der Waals surface area contributed by atoms with Crippen molar-refractivity contribution in [2.45, 2.75) is 64.7 Å². The van der Waals surface area contributed by atoms with E-state index in [1.165, 1.54) is 0 Å². The van der Waals surface area contributed by atoms with Crippen molar-refractivity contribution in [2.75, 3.05) is 0 Å². The molecule has 2 aliphatic rings. The first kappa shape index (κ1) is 25.1. The maximum Gasteiger partial charge on any atom is 0.431 e. The molecule has 180 valence electrons. The second kappa shape index (κ2) is 9.35. The summed E-state index contributed by atoms with van der Waals surface area (Å²) in [6.45, 7) is 3.77. The summed E-state index contributed by atoms with van der Waals surface area (Å²) in [4.78, 5) is 17.0. The van der Waals surface area contributed by atoms with Gasteiger partial charge in [-0.3, -0.25) is 9.79 Å². The Morgan fingerprint density at radius 3 is 2.39 bits per heavy atom. The molecule has 33 heavy (non-hydrogen) atoms. The van der Waals surface area contributed by atoms with Gasteiger partial charge in [0, 0.05) is 18.5 Å². The zero-order chi connectivity index (χ0) is 24.6. The van der Waals surface area contributed by atoms with Crippen LogP contribution in [0.4, 0.5) is 32.0 Å². The van der Waals surface area contributed by atoms with Crippen molar-refractivity contribution in [1.82, 2.24) is 4.57 Å². The Kier molecular flexibility index (Phi) is 7.10. The fraction of sp³-hybridized carbons (Fsp3) is 0.500. The Hall–Kier alpha value is -2.58. The number of rotatable bonds is 5. The second-order valence-electron chi connectivity index (χ2n) is 8.49. The summed E-state index contributed by atoms with van der Waals surface area (Å²) < 4.78 is 81.2. The highest BCUT2D eigenvalue weighted by molar-refractivity contribution is 6.07. The van der Waals surface area contributed by atoms with E-state index >= 15 is 0 Å². The summed E-state index contributed by atoms with van der Waals surface area (Å²) >= 11 is 0. The topological polar surface area (TPSA) is 34.4 Å². The first-order valence-corrected chi connectivity index (χ1v) is 10.9. The van der Waals surface area contributed by atoms with E-state index in [9.17, 15) is 31.1 Å². The number of allylic oxidation sites excluding steroid dienone is 6. The third-order valence-electron chi connectivity index (χ3n) is 6.00. The zero-order valence-corrected chi connectivity index (χ0v) is 18.7. The lowest BCUT2D eigenvalue weighted by Gasteiger charge is -2.26. The summed E-state index contributed by atoms with van der Waals surface area (Å²) in [5.74, 6) is -0.338. The van der Waals surface area contributed by atoms with E-state index in [0.717, 1.165) is 38.1 Å². The van der Waals surface area contributed by atoms with E-state index in [-0.39, 0.29) is 30.0 Å². The largest absolute Gasteiger partial charge is 0.431 e. The van der Waals surface area contributed by atoms with Gasteiger partial charge in [-0.25, -0.2) is 0 Å². The predicted octanol–water partition coefficient (Wildman–Crippen LogP) is 6.99. The Morgan fingerprint density at radius 2 is 1.79 bits per heavy atom. The molecule has 1 aromatic rings. The van der Waals surface area contributed by atoms with Gasteiger partial charge in [0.25, 0.3) is 5.56 Å². The number of unbranched alkanes of at least 4 members (excludes halogenated alkanes) is 2. The van der Waals surface area contributed by atoms with Crippen LogP contribution in [-0.2, 0) is 19.6 Å². The lowest BCUT2D eigenvalue weighted by molar-refractivity contribution is -0.143. The number of halogens is 6. The summed E-state index contributed by atoms with van der Waals surface area (Å²) in [7, 11) is 1.07. The number of hydrogen-bond donors (Lipinski definition) is 0. The van der Waals surface area contributed by atoms with Gasteiger partial charge in [0.1, 0.15) is 5.69 Å². The maximum atomic E-state index is 13.5. The number of nitrogens with zero attached hydrogens (tertiary/aromatic N) is 2. The van der Waals surface area contributed by atoms with Crippen LogP contribution in [-0.4, -0.2) is 16.5 Å². The fourth-order valence-corrected chi connectivity index (χ4v) is 4.27. The minimum absolute atomic E-state index is 0.0287. The average Bonchev–Trinajstić information content (AvgIpc) is 2.93. The molecule has 9 heteroatoms. The summed E-state index contributed by atoms with van der Waals surface area (Å²) in [6, 6.07) is 0.847. The van der Waals surface area contributed by atoms with Crippen LogP contribution in [0.3, 0.4) is 0 Å².